The molecule has 0 aliphatic carbocycles. The van der Waals surface area contributed by atoms with Crippen molar-refractivity contribution in [3.8, 4) is 11.3 Å². The molecular formula is C16H14N2O2. The molecule has 0 atom stereocenters. The SMILES string of the molecule is CCOC(=O)c1cccc(-c2ccc3cc[nH]c3n2)c1. The summed E-state index contributed by atoms with van der Waals surface area (Å²) in [6, 6.07) is 13.2. The number of nitrogens with one attached hydrogen (secondary N) is 1. The van der Waals surface area contributed by atoms with E-state index in [0.29, 0.717) is 12.2 Å². The minimum atomic E-state index is -0.310. The van der Waals surface area contributed by atoms with Crippen molar-refractivity contribution in [2.45, 2.75) is 6.92 Å². The molecule has 0 aliphatic heterocycles. The zero-order valence-corrected chi connectivity index (χ0v) is 11.1. The van der Waals surface area contributed by atoms with Crippen LogP contribution in [0, 0.1) is 0 Å². The van der Waals surface area contributed by atoms with Gasteiger partial charge in [0.1, 0.15) is 5.65 Å². The second-order valence-corrected chi connectivity index (χ2v) is 4.41. The van der Waals surface area contributed by atoms with Crippen molar-refractivity contribution in [3.05, 3.63) is 54.2 Å². The van der Waals surface area contributed by atoms with Crippen LogP contribution in [0.5, 0.6) is 0 Å². The van der Waals surface area contributed by atoms with E-state index in [-0.39, 0.29) is 5.97 Å². The van der Waals surface area contributed by atoms with E-state index in [9.17, 15) is 4.79 Å². The molecule has 1 N–H and O–H groups in total. The molecule has 4 heteroatoms. The highest BCUT2D eigenvalue weighted by Crippen LogP contribution is 2.21. The number of H-pyrrole nitrogens is 1. The van der Waals surface area contributed by atoms with Gasteiger partial charge in [-0.15, -0.1) is 0 Å². The highest BCUT2D eigenvalue weighted by molar-refractivity contribution is 5.91. The third kappa shape index (κ3) is 2.28. The van der Waals surface area contributed by atoms with Crippen molar-refractivity contribution in [1.82, 2.24) is 9.97 Å². The molecule has 3 aromatic rings. The highest BCUT2D eigenvalue weighted by Gasteiger charge is 2.08. The summed E-state index contributed by atoms with van der Waals surface area (Å²) >= 11 is 0. The fourth-order valence-corrected chi connectivity index (χ4v) is 2.11. The molecule has 0 radical (unpaired) electrons. The average molecular weight is 266 g/mol. The number of benzene rings is 1. The molecule has 0 bridgehead atoms. The lowest BCUT2D eigenvalue weighted by Gasteiger charge is -2.05. The van der Waals surface area contributed by atoms with Crippen molar-refractivity contribution < 1.29 is 9.53 Å². The summed E-state index contributed by atoms with van der Waals surface area (Å²) in [6.45, 7) is 2.16. The van der Waals surface area contributed by atoms with Crippen molar-refractivity contribution >= 4 is 17.0 Å². The van der Waals surface area contributed by atoms with Crippen LogP contribution < -0.4 is 0 Å². The fourth-order valence-electron chi connectivity index (χ4n) is 2.11. The van der Waals surface area contributed by atoms with Gasteiger partial charge in [-0.25, -0.2) is 9.78 Å². The number of fused-ring (bicyclic) bond motifs is 1. The van der Waals surface area contributed by atoms with Gasteiger partial charge in [0, 0.05) is 17.1 Å². The summed E-state index contributed by atoms with van der Waals surface area (Å²) in [5, 5.41) is 1.07. The van der Waals surface area contributed by atoms with E-state index in [1.165, 1.54) is 0 Å². The lowest BCUT2D eigenvalue weighted by atomic mass is 10.1. The molecule has 4 nitrogen and oxygen atoms in total. The molecule has 0 amide bonds. The maximum absolute atomic E-state index is 11.8. The Bertz CT molecular complexity index is 762. The summed E-state index contributed by atoms with van der Waals surface area (Å²) in [7, 11) is 0. The first-order chi connectivity index (χ1) is 9.78. The normalized spacial score (nSPS) is 10.7. The Kier molecular flexibility index (Phi) is 3.21. The summed E-state index contributed by atoms with van der Waals surface area (Å²) in [6.07, 6.45) is 1.86. The summed E-state index contributed by atoms with van der Waals surface area (Å²) in [5.74, 6) is -0.310. The predicted octanol–water partition coefficient (Wildman–Crippen LogP) is 3.41. The molecule has 3 rings (SSSR count). The summed E-state index contributed by atoms with van der Waals surface area (Å²) < 4.78 is 5.01. The maximum Gasteiger partial charge on any atom is 0.338 e. The number of aromatic amines is 1. The van der Waals surface area contributed by atoms with Crippen LogP contribution >= 0.6 is 0 Å². The summed E-state index contributed by atoms with van der Waals surface area (Å²) in [5.41, 5.74) is 3.10. The van der Waals surface area contributed by atoms with Crippen LogP contribution in [0.4, 0.5) is 0 Å². The third-order valence-corrected chi connectivity index (χ3v) is 3.08. The molecule has 0 fully saturated rings. The van der Waals surface area contributed by atoms with E-state index in [0.717, 1.165) is 22.3 Å². The number of esters is 1. The van der Waals surface area contributed by atoms with Gasteiger partial charge >= 0.3 is 5.97 Å². The second-order valence-electron chi connectivity index (χ2n) is 4.41. The van der Waals surface area contributed by atoms with Crippen molar-refractivity contribution in [1.29, 1.82) is 0 Å². The molecule has 100 valence electrons. The smallest absolute Gasteiger partial charge is 0.338 e. The maximum atomic E-state index is 11.8. The van der Waals surface area contributed by atoms with Gasteiger partial charge in [-0.1, -0.05) is 12.1 Å². The number of carbonyl (C=O) groups excluding carboxylic acids is 1. The Balaban J connectivity index is 2.00. The Labute approximate surface area is 116 Å². The number of hydrogen-bond donors (Lipinski definition) is 1. The van der Waals surface area contributed by atoms with Gasteiger partial charge in [-0.3, -0.25) is 0 Å². The highest BCUT2D eigenvalue weighted by atomic mass is 16.5. The number of rotatable bonds is 3. The van der Waals surface area contributed by atoms with E-state index in [1.807, 2.05) is 36.5 Å². The number of hydrogen-bond acceptors (Lipinski definition) is 3. The average Bonchev–Trinajstić information content (AvgIpc) is 2.95. The monoisotopic (exact) mass is 266 g/mol. The molecule has 0 unspecified atom stereocenters. The number of aromatic nitrogens is 2. The minimum absolute atomic E-state index is 0.310. The number of pyridine rings is 1. The minimum Gasteiger partial charge on any atom is -0.462 e. The molecule has 0 saturated heterocycles. The van der Waals surface area contributed by atoms with E-state index < -0.39 is 0 Å². The lowest BCUT2D eigenvalue weighted by Crippen LogP contribution is -2.04. The number of ether oxygens (including phenoxy) is 1. The molecule has 2 heterocycles. The van der Waals surface area contributed by atoms with E-state index >= 15 is 0 Å². The Hall–Kier alpha value is -2.62. The quantitative estimate of drug-likeness (QED) is 0.739. The van der Waals surface area contributed by atoms with Gasteiger partial charge < -0.3 is 9.72 Å². The van der Waals surface area contributed by atoms with Crippen LogP contribution in [-0.2, 0) is 4.74 Å². The van der Waals surface area contributed by atoms with Crippen molar-refractivity contribution in [2.24, 2.45) is 0 Å². The Morgan fingerprint density at radius 2 is 2.15 bits per heavy atom. The predicted molar refractivity (Wildman–Crippen MR) is 77.5 cm³/mol. The second kappa shape index (κ2) is 5.17. The first kappa shape index (κ1) is 12.4. The van der Waals surface area contributed by atoms with Crippen molar-refractivity contribution in [3.63, 3.8) is 0 Å². The van der Waals surface area contributed by atoms with Crippen LogP contribution in [-0.4, -0.2) is 22.5 Å². The standard InChI is InChI=1S/C16H14N2O2/c1-2-20-16(19)13-5-3-4-12(10-13)14-7-6-11-8-9-17-15(11)18-14/h3-10H,2H2,1H3,(H,17,18). The van der Waals surface area contributed by atoms with Crippen LogP contribution in [0.25, 0.3) is 22.3 Å². The fraction of sp³-hybridized carbons (Fsp3) is 0.125. The molecule has 2 aromatic heterocycles. The van der Waals surface area contributed by atoms with Gasteiger partial charge in [-0.2, -0.15) is 0 Å². The van der Waals surface area contributed by atoms with Crippen LogP contribution in [0.1, 0.15) is 17.3 Å². The molecule has 0 saturated carbocycles. The first-order valence-corrected chi connectivity index (χ1v) is 6.49. The molecule has 0 spiro atoms. The van der Waals surface area contributed by atoms with Gasteiger partial charge in [0.2, 0.25) is 0 Å². The van der Waals surface area contributed by atoms with E-state index in [4.69, 9.17) is 4.74 Å². The van der Waals surface area contributed by atoms with E-state index in [2.05, 4.69) is 9.97 Å². The summed E-state index contributed by atoms with van der Waals surface area (Å²) in [4.78, 5) is 19.4. The van der Waals surface area contributed by atoms with Gasteiger partial charge in [0.25, 0.3) is 0 Å². The van der Waals surface area contributed by atoms with Crippen LogP contribution in [0.3, 0.4) is 0 Å². The van der Waals surface area contributed by atoms with Crippen LogP contribution in [0.2, 0.25) is 0 Å². The molecular weight excluding hydrogens is 252 g/mol. The third-order valence-electron chi connectivity index (χ3n) is 3.08. The lowest BCUT2D eigenvalue weighted by molar-refractivity contribution is 0.0526. The number of nitrogens with zero attached hydrogens (tertiary/aromatic N) is 1. The van der Waals surface area contributed by atoms with Gasteiger partial charge in [-0.05, 0) is 37.3 Å². The molecule has 20 heavy (non-hydrogen) atoms. The van der Waals surface area contributed by atoms with Gasteiger partial charge in [0.15, 0.2) is 0 Å². The van der Waals surface area contributed by atoms with Crippen LogP contribution in [0.15, 0.2) is 48.7 Å². The van der Waals surface area contributed by atoms with Gasteiger partial charge in [0.05, 0.1) is 17.9 Å². The van der Waals surface area contributed by atoms with Crippen molar-refractivity contribution in [2.75, 3.05) is 6.61 Å². The number of carbonyl (C=O) groups is 1. The molecule has 1 aromatic carbocycles. The zero-order valence-electron chi connectivity index (χ0n) is 11.1. The van der Waals surface area contributed by atoms with E-state index in [1.54, 1.807) is 19.1 Å². The Morgan fingerprint density at radius 1 is 1.25 bits per heavy atom. The largest absolute Gasteiger partial charge is 0.462 e. The molecule has 0 aliphatic rings. The first-order valence-electron chi connectivity index (χ1n) is 6.49. The topological polar surface area (TPSA) is 55.0 Å². The zero-order chi connectivity index (χ0) is 13.9. The Morgan fingerprint density at radius 3 is 3.00 bits per heavy atom.